The van der Waals surface area contributed by atoms with Crippen LogP contribution in [0, 0.1) is 5.82 Å². The molecule has 11 heavy (non-hydrogen) atoms. The average molecular weight is 173 g/mol. The van der Waals surface area contributed by atoms with Gasteiger partial charge in [0, 0.05) is 0 Å². The Kier molecular flexibility index (Phi) is 2.89. The molecule has 0 bridgehead atoms. The van der Waals surface area contributed by atoms with E-state index in [0.29, 0.717) is 5.56 Å². The van der Waals surface area contributed by atoms with Crippen molar-refractivity contribution in [1.82, 2.24) is 0 Å². The summed E-state index contributed by atoms with van der Waals surface area (Å²) in [5, 5.41) is 0.218. The fourth-order valence-corrected chi connectivity index (χ4v) is 1.20. The van der Waals surface area contributed by atoms with Crippen LogP contribution in [0.1, 0.15) is 18.9 Å². The molecule has 0 spiro atoms. The second kappa shape index (κ2) is 3.72. The van der Waals surface area contributed by atoms with E-state index >= 15 is 0 Å². The van der Waals surface area contributed by atoms with Crippen LogP contribution in [0.5, 0.6) is 0 Å². The van der Waals surface area contributed by atoms with Crippen LogP contribution in [0.3, 0.4) is 0 Å². The van der Waals surface area contributed by atoms with Crippen molar-refractivity contribution in [2.45, 2.75) is 19.8 Å². The largest absolute Gasteiger partial charge is 0.205 e. The third-order valence-electron chi connectivity index (χ3n) is 1.55. The molecule has 0 heterocycles. The average Bonchev–Trinajstić information content (AvgIpc) is 1.99. The summed E-state index contributed by atoms with van der Waals surface area (Å²) in [4.78, 5) is 0. The van der Waals surface area contributed by atoms with Gasteiger partial charge in [-0.25, -0.2) is 4.39 Å². The van der Waals surface area contributed by atoms with Crippen molar-refractivity contribution in [3.8, 4) is 0 Å². The summed E-state index contributed by atoms with van der Waals surface area (Å²) in [5.74, 6) is -0.268. The van der Waals surface area contributed by atoms with Crippen LogP contribution < -0.4 is 0 Å². The first-order valence-electron chi connectivity index (χ1n) is 3.68. The van der Waals surface area contributed by atoms with E-state index in [1.165, 1.54) is 0 Å². The molecule has 60 valence electrons. The van der Waals surface area contributed by atoms with Gasteiger partial charge in [-0.15, -0.1) is 0 Å². The molecule has 0 aromatic heterocycles. The number of halogens is 2. The lowest BCUT2D eigenvalue weighted by molar-refractivity contribution is 0.608. The Hall–Kier alpha value is -0.560. The monoisotopic (exact) mass is 172 g/mol. The van der Waals surface area contributed by atoms with Gasteiger partial charge in [-0.05, 0) is 18.1 Å². The molecule has 1 aromatic carbocycles. The molecule has 0 aliphatic heterocycles. The lowest BCUT2D eigenvalue weighted by Gasteiger charge is -2.00. The van der Waals surface area contributed by atoms with Gasteiger partial charge in [0.1, 0.15) is 5.82 Å². The second-order valence-corrected chi connectivity index (χ2v) is 2.87. The van der Waals surface area contributed by atoms with Crippen LogP contribution in [0.2, 0.25) is 5.02 Å². The highest BCUT2D eigenvalue weighted by atomic mass is 35.5. The number of hydrogen-bond donors (Lipinski definition) is 0. The zero-order valence-corrected chi connectivity index (χ0v) is 7.16. The van der Waals surface area contributed by atoms with Crippen LogP contribution in [0.4, 0.5) is 4.39 Å². The summed E-state index contributed by atoms with van der Waals surface area (Å²) in [6, 6.07) is 5.11. The predicted molar refractivity (Wildman–Crippen MR) is 45.4 cm³/mol. The minimum absolute atomic E-state index is 0.218. The number of hydrogen-bond acceptors (Lipinski definition) is 0. The van der Waals surface area contributed by atoms with Gasteiger partial charge in [0.15, 0.2) is 0 Å². The molecule has 0 amide bonds. The number of benzene rings is 1. The Balaban J connectivity index is 2.96. The molecular formula is C9H10ClF. The van der Waals surface area contributed by atoms with Crippen molar-refractivity contribution < 1.29 is 4.39 Å². The topological polar surface area (TPSA) is 0 Å². The van der Waals surface area contributed by atoms with E-state index in [1.54, 1.807) is 18.2 Å². The molecule has 2 heteroatoms. The van der Waals surface area contributed by atoms with Gasteiger partial charge >= 0.3 is 0 Å². The predicted octanol–water partition coefficient (Wildman–Crippen LogP) is 3.43. The quantitative estimate of drug-likeness (QED) is 0.641. The Morgan fingerprint density at radius 2 is 2.18 bits per heavy atom. The molecule has 0 unspecified atom stereocenters. The maximum Gasteiger partial charge on any atom is 0.144 e. The zero-order valence-electron chi connectivity index (χ0n) is 6.40. The van der Waals surface area contributed by atoms with E-state index in [-0.39, 0.29) is 10.8 Å². The van der Waals surface area contributed by atoms with E-state index in [1.807, 2.05) is 6.92 Å². The highest BCUT2D eigenvalue weighted by molar-refractivity contribution is 6.30. The summed E-state index contributed by atoms with van der Waals surface area (Å²) >= 11 is 5.57. The molecule has 1 aromatic rings. The molecule has 0 radical (unpaired) electrons. The first kappa shape index (κ1) is 8.54. The molecular weight excluding hydrogens is 163 g/mol. The van der Waals surface area contributed by atoms with Gasteiger partial charge in [-0.1, -0.05) is 37.1 Å². The lowest BCUT2D eigenvalue weighted by atomic mass is 10.1. The number of aryl methyl sites for hydroxylation is 1. The molecule has 0 aliphatic rings. The van der Waals surface area contributed by atoms with E-state index in [4.69, 9.17) is 11.6 Å². The van der Waals surface area contributed by atoms with Crippen LogP contribution in [0.15, 0.2) is 18.2 Å². The summed E-state index contributed by atoms with van der Waals surface area (Å²) in [7, 11) is 0. The van der Waals surface area contributed by atoms with Crippen molar-refractivity contribution in [3.05, 3.63) is 34.6 Å². The molecule has 0 saturated carbocycles. The Labute approximate surface area is 71.0 Å². The standard InChI is InChI=1S/C9H10ClF/c1-2-4-7-5-3-6-8(10)9(7)11/h3,5-6H,2,4H2,1H3. The van der Waals surface area contributed by atoms with Crippen LogP contribution in [0.25, 0.3) is 0 Å². The molecule has 0 N–H and O–H groups in total. The van der Waals surface area contributed by atoms with Crippen molar-refractivity contribution >= 4 is 11.6 Å². The normalized spacial score (nSPS) is 10.1. The van der Waals surface area contributed by atoms with Crippen molar-refractivity contribution in [2.75, 3.05) is 0 Å². The van der Waals surface area contributed by atoms with Gasteiger partial charge in [0.2, 0.25) is 0 Å². The lowest BCUT2D eigenvalue weighted by Crippen LogP contribution is -1.89. The van der Waals surface area contributed by atoms with E-state index in [2.05, 4.69) is 0 Å². The Morgan fingerprint density at radius 1 is 1.45 bits per heavy atom. The van der Waals surface area contributed by atoms with E-state index in [0.717, 1.165) is 12.8 Å². The van der Waals surface area contributed by atoms with Gasteiger partial charge in [0.05, 0.1) is 5.02 Å². The summed E-state index contributed by atoms with van der Waals surface area (Å²) < 4.78 is 13.1. The second-order valence-electron chi connectivity index (χ2n) is 2.46. The molecule has 1 rings (SSSR count). The van der Waals surface area contributed by atoms with Crippen molar-refractivity contribution in [2.24, 2.45) is 0 Å². The minimum Gasteiger partial charge on any atom is -0.205 e. The van der Waals surface area contributed by atoms with Crippen molar-refractivity contribution in [1.29, 1.82) is 0 Å². The van der Waals surface area contributed by atoms with Gasteiger partial charge < -0.3 is 0 Å². The Morgan fingerprint density at radius 3 is 2.82 bits per heavy atom. The summed E-state index contributed by atoms with van der Waals surface area (Å²) in [6.45, 7) is 2.01. The first-order valence-corrected chi connectivity index (χ1v) is 4.06. The molecule has 0 nitrogen and oxygen atoms in total. The van der Waals surface area contributed by atoms with Gasteiger partial charge in [0.25, 0.3) is 0 Å². The molecule has 0 atom stereocenters. The van der Waals surface area contributed by atoms with Crippen LogP contribution in [-0.2, 0) is 6.42 Å². The smallest absolute Gasteiger partial charge is 0.144 e. The third kappa shape index (κ3) is 1.93. The first-order chi connectivity index (χ1) is 5.25. The van der Waals surface area contributed by atoms with Gasteiger partial charge in [-0.3, -0.25) is 0 Å². The number of rotatable bonds is 2. The fourth-order valence-electron chi connectivity index (χ4n) is 1.01. The molecule has 0 fully saturated rings. The highest BCUT2D eigenvalue weighted by Gasteiger charge is 2.03. The maximum absolute atomic E-state index is 13.1. The summed E-state index contributed by atoms with van der Waals surface area (Å²) in [6.07, 6.45) is 1.70. The minimum atomic E-state index is -0.268. The van der Waals surface area contributed by atoms with E-state index < -0.39 is 0 Å². The maximum atomic E-state index is 13.1. The molecule has 0 saturated heterocycles. The van der Waals surface area contributed by atoms with E-state index in [9.17, 15) is 4.39 Å². The molecule has 0 aliphatic carbocycles. The van der Waals surface area contributed by atoms with Crippen LogP contribution in [-0.4, -0.2) is 0 Å². The highest BCUT2D eigenvalue weighted by Crippen LogP contribution is 2.18. The zero-order chi connectivity index (χ0) is 8.27. The SMILES string of the molecule is CCCc1cccc(Cl)c1F. The summed E-state index contributed by atoms with van der Waals surface area (Å²) in [5.41, 5.74) is 0.708. The third-order valence-corrected chi connectivity index (χ3v) is 1.84. The van der Waals surface area contributed by atoms with Crippen molar-refractivity contribution in [3.63, 3.8) is 0 Å². The fraction of sp³-hybridized carbons (Fsp3) is 0.333. The Bertz CT molecular complexity index is 245. The van der Waals surface area contributed by atoms with Gasteiger partial charge in [-0.2, -0.15) is 0 Å². The van der Waals surface area contributed by atoms with Crippen LogP contribution >= 0.6 is 11.6 Å².